The van der Waals surface area contributed by atoms with Crippen LogP contribution in [0.15, 0.2) is 54.6 Å². The summed E-state index contributed by atoms with van der Waals surface area (Å²) in [6.45, 7) is 0. The monoisotopic (exact) mass is 278 g/mol. The van der Waals surface area contributed by atoms with Gasteiger partial charge in [-0.15, -0.1) is 0 Å². The van der Waals surface area contributed by atoms with E-state index in [9.17, 15) is 0 Å². The van der Waals surface area contributed by atoms with Crippen molar-refractivity contribution >= 4 is 5.69 Å². The molecule has 0 spiro atoms. The fourth-order valence-electron chi connectivity index (χ4n) is 3.81. The highest BCUT2D eigenvalue weighted by atomic mass is 15.1. The standard InChI is InChI=1S/C19H22N2/c1-2-8-14(9-3-1)19-15-10-4-5-11-16(15)20-17-12-6-7-13-18(17)21-19/h1-5,8-11,17-21H,6-7,12-13H2. The molecule has 3 unspecified atom stereocenters. The van der Waals surface area contributed by atoms with Crippen molar-refractivity contribution in [1.82, 2.24) is 5.32 Å². The van der Waals surface area contributed by atoms with Crippen LogP contribution in [-0.4, -0.2) is 12.1 Å². The van der Waals surface area contributed by atoms with Gasteiger partial charge in [-0.1, -0.05) is 61.4 Å². The Morgan fingerprint density at radius 2 is 1.48 bits per heavy atom. The van der Waals surface area contributed by atoms with Gasteiger partial charge in [-0.2, -0.15) is 0 Å². The molecule has 2 aliphatic rings. The number of hydrogen-bond donors (Lipinski definition) is 2. The Morgan fingerprint density at radius 1 is 0.762 bits per heavy atom. The molecule has 1 heterocycles. The van der Waals surface area contributed by atoms with Gasteiger partial charge >= 0.3 is 0 Å². The van der Waals surface area contributed by atoms with Crippen molar-refractivity contribution in [3.63, 3.8) is 0 Å². The maximum absolute atomic E-state index is 3.93. The molecule has 0 aromatic heterocycles. The molecule has 0 saturated heterocycles. The number of para-hydroxylation sites is 1. The third-order valence-corrected chi connectivity index (χ3v) is 4.89. The fourth-order valence-corrected chi connectivity index (χ4v) is 3.81. The number of rotatable bonds is 1. The van der Waals surface area contributed by atoms with E-state index in [4.69, 9.17) is 0 Å². The van der Waals surface area contributed by atoms with Crippen LogP contribution in [-0.2, 0) is 0 Å². The Morgan fingerprint density at radius 3 is 2.33 bits per heavy atom. The van der Waals surface area contributed by atoms with Crippen LogP contribution in [0.1, 0.15) is 42.9 Å². The fraction of sp³-hybridized carbons (Fsp3) is 0.368. The van der Waals surface area contributed by atoms with Gasteiger partial charge in [0.25, 0.3) is 0 Å². The van der Waals surface area contributed by atoms with Crippen LogP contribution in [0, 0.1) is 0 Å². The summed E-state index contributed by atoms with van der Waals surface area (Å²) < 4.78 is 0. The van der Waals surface area contributed by atoms with Crippen molar-refractivity contribution in [3.05, 3.63) is 65.7 Å². The Labute approximate surface area is 126 Å². The first kappa shape index (κ1) is 12.9. The van der Waals surface area contributed by atoms with Crippen LogP contribution in [0.4, 0.5) is 5.69 Å². The van der Waals surface area contributed by atoms with Crippen LogP contribution < -0.4 is 10.6 Å². The maximum Gasteiger partial charge on any atom is 0.0600 e. The van der Waals surface area contributed by atoms with Crippen molar-refractivity contribution in [2.75, 3.05) is 5.32 Å². The lowest BCUT2D eigenvalue weighted by Crippen LogP contribution is -2.45. The highest BCUT2D eigenvalue weighted by molar-refractivity contribution is 5.57. The number of fused-ring (bicyclic) bond motifs is 2. The number of anilines is 1. The molecule has 0 amide bonds. The quantitative estimate of drug-likeness (QED) is 0.820. The zero-order valence-electron chi connectivity index (χ0n) is 12.3. The molecule has 1 aliphatic carbocycles. The van der Waals surface area contributed by atoms with Crippen LogP contribution in [0.3, 0.4) is 0 Å². The topological polar surface area (TPSA) is 24.1 Å². The average molecular weight is 278 g/mol. The van der Waals surface area contributed by atoms with E-state index in [1.165, 1.54) is 42.5 Å². The van der Waals surface area contributed by atoms with E-state index in [0.29, 0.717) is 18.1 Å². The van der Waals surface area contributed by atoms with Crippen LogP contribution in [0.2, 0.25) is 0 Å². The summed E-state index contributed by atoms with van der Waals surface area (Å²) in [4.78, 5) is 0. The van der Waals surface area contributed by atoms with Crippen molar-refractivity contribution in [1.29, 1.82) is 0 Å². The summed E-state index contributed by atoms with van der Waals surface area (Å²) in [6, 6.07) is 21.0. The van der Waals surface area contributed by atoms with Gasteiger partial charge in [0.2, 0.25) is 0 Å². The molecule has 2 nitrogen and oxygen atoms in total. The lowest BCUT2D eigenvalue weighted by molar-refractivity contribution is 0.334. The van der Waals surface area contributed by atoms with E-state index in [1.807, 2.05) is 0 Å². The SMILES string of the molecule is c1ccc(C2NC3CCCCC3Nc3ccccc32)cc1. The molecule has 1 fully saturated rings. The molecule has 4 rings (SSSR count). The van der Waals surface area contributed by atoms with Crippen LogP contribution in [0.5, 0.6) is 0 Å². The molecule has 1 aliphatic heterocycles. The Kier molecular flexibility index (Phi) is 3.40. The van der Waals surface area contributed by atoms with E-state index in [-0.39, 0.29) is 0 Å². The first-order valence-corrected chi connectivity index (χ1v) is 8.08. The van der Waals surface area contributed by atoms with Crippen LogP contribution >= 0.6 is 0 Å². The van der Waals surface area contributed by atoms with Crippen LogP contribution in [0.25, 0.3) is 0 Å². The zero-order valence-corrected chi connectivity index (χ0v) is 12.3. The van der Waals surface area contributed by atoms with Gasteiger partial charge in [0.05, 0.1) is 6.04 Å². The van der Waals surface area contributed by atoms with Gasteiger partial charge in [0, 0.05) is 17.8 Å². The number of benzene rings is 2. The van der Waals surface area contributed by atoms with Gasteiger partial charge in [-0.25, -0.2) is 0 Å². The van der Waals surface area contributed by atoms with Crippen molar-refractivity contribution < 1.29 is 0 Å². The predicted octanol–water partition coefficient (Wildman–Crippen LogP) is 4.10. The van der Waals surface area contributed by atoms with Gasteiger partial charge in [0.15, 0.2) is 0 Å². The normalized spacial score (nSPS) is 27.9. The van der Waals surface area contributed by atoms with Crippen molar-refractivity contribution in [2.45, 2.75) is 43.8 Å². The second-order valence-electron chi connectivity index (χ2n) is 6.24. The van der Waals surface area contributed by atoms with E-state index >= 15 is 0 Å². The average Bonchev–Trinajstić information content (AvgIpc) is 2.72. The molecule has 2 N–H and O–H groups in total. The van der Waals surface area contributed by atoms with E-state index in [2.05, 4.69) is 65.2 Å². The Balaban J connectivity index is 1.78. The minimum absolute atomic E-state index is 0.294. The minimum atomic E-state index is 0.294. The Bertz CT molecular complexity index is 608. The van der Waals surface area contributed by atoms with Gasteiger partial charge in [0.1, 0.15) is 0 Å². The summed E-state index contributed by atoms with van der Waals surface area (Å²) in [5, 5.41) is 7.73. The minimum Gasteiger partial charge on any atom is -0.380 e. The largest absolute Gasteiger partial charge is 0.380 e. The van der Waals surface area contributed by atoms with Crippen molar-refractivity contribution in [2.24, 2.45) is 0 Å². The summed E-state index contributed by atoms with van der Waals surface area (Å²) in [6.07, 6.45) is 5.23. The molecular weight excluding hydrogens is 256 g/mol. The Hall–Kier alpha value is -1.80. The maximum atomic E-state index is 3.93. The molecule has 2 heteroatoms. The second-order valence-corrected chi connectivity index (χ2v) is 6.24. The summed E-state index contributed by atoms with van der Waals surface area (Å²) in [5.41, 5.74) is 4.03. The highest BCUT2D eigenvalue weighted by Crippen LogP contribution is 2.35. The summed E-state index contributed by atoms with van der Waals surface area (Å²) in [5.74, 6) is 0. The summed E-state index contributed by atoms with van der Waals surface area (Å²) >= 11 is 0. The predicted molar refractivity (Wildman–Crippen MR) is 87.5 cm³/mol. The third kappa shape index (κ3) is 2.44. The molecule has 3 atom stereocenters. The molecule has 0 bridgehead atoms. The highest BCUT2D eigenvalue weighted by Gasteiger charge is 2.32. The zero-order chi connectivity index (χ0) is 14.1. The van der Waals surface area contributed by atoms with Gasteiger partial charge < -0.3 is 10.6 Å². The molecule has 21 heavy (non-hydrogen) atoms. The van der Waals surface area contributed by atoms with E-state index in [0.717, 1.165) is 0 Å². The third-order valence-electron chi connectivity index (χ3n) is 4.89. The van der Waals surface area contributed by atoms with E-state index in [1.54, 1.807) is 0 Å². The first-order chi connectivity index (χ1) is 10.4. The molecular formula is C19H22N2. The molecule has 108 valence electrons. The lowest BCUT2D eigenvalue weighted by atomic mass is 9.89. The lowest BCUT2D eigenvalue weighted by Gasteiger charge is -2.32. The molecule has 2 aromatic rings. The van der Waals surface area contributed by atoms with Crippen molar-refractivity contribution in [3.8, 4) is 0 Å². The van der Waals surface area contributed by atoms with Gasteiger partial charge in [-0.05, 0) is 30.0 Å². The molecule has 2 aromatic carbocycles. The molecule has 0 radical (unpaired) electrons. The number of nitrogens with one attached hydrogen (secondary N) is 2. The molecule has 1 saturated carbocycles. The summed E-state index contributed by atoms with van der Waals surface area (Å²) in [7, 11) is 0. The first-order valence-electron chi connectivity index (χ1n) is 8.08. The van der Waals surface area contributed by atoms with Gasteiger partial charge in [-0.3, -0.25) is 0 Å². The second kappa shape index (κ2) is 5.53. The number of hydrogen-bond acceptors (Lipinski definition) is 2. The van der Waals surface area contributed by atoms with E-state index < -0.39 is 0 Å². The smallest absolute Gasteiger partial charge is 0.0600 e.